The van der Waals surface area contributed by atoms with Crippen LogP contribution in [0, 0.1) is 6.92 Å². The second-order valence-corrected chi connectivity index (χ2v) is 6.37. The van der Waals surface area contributed by atoms with Crippen molar-refractivity contribution in [3.05, 3.63) is 47.9 Å². The number of carbonyl (C=O) groups is 1. The van der Waals surface area contributed by atoms with Crippen LogP contribution in [0.2, 0.25) is 0 Å². The number of likely N-dealkylation sites (N-methyl/N-ethyl adjacent to an activating group) is 1. The van der Waals surface area contributed by atoms with E-state index in [2.05, 4.69) is 15.3 Å². The van der Waals surface area contributed by atoms with E-state index in [1.54, 1.807) is 19.4 Å². The van der Waals surface area contributed by atoms with Gasteiger partial charge < -0.3 is 15.0 Å². The van der Waals surface area contributed by atoms with E-state index in [-0.39, 0.29) is 11.8 Å². The number of hydrogen-bond acceptors (Lipinski definition) is 5. The fraction of sp³-hybridized carbons (Fsp3) is 0.421. The lowest BCUT2D eigenvalue weighted by Crippen LogP contribution is -2.43. The third-order valence-corrected chi connectivity index (χ3v) is 4.38. The number of hydrogen-bond donors (Lipinski definition) is 1. The molecule has 1 aromatic heterocycles. The van der Waals surface area contributed by atoms with E-state index in [1.165, 1.54) is 0 Å². The number of piperidine rings is 1. The van der Waals surface area contributed by atoms with Crippen LogP contribution in [0.15, 0.2) is 36.7 Å². The van der Waals surface area contributed by atoms with Gasteiger partial charge in [0.05, 0.1) is 6.54 Å². The molecule has 0 bridgehead atoms. The number of nitrogens with zero attached hydrogens (tertiary/aromatic N) is 3. The third kappa shape index (κ3) is 4.33. The van der Waals surface area contributed by atoms with Crippen LogP contribution in [0.25, 0.3) is 0 Å². The summed E-state index contributed by atoms with van der Waals surface area (Å²) in [7, 11) is 1.79. The van der Waals surface area contributed by atoms with Gasteiger partial charge in [-0.3, -0.25) is 9.78 Å². The Balaban J connectivity index is 1.79. The largest absolute Gasteiger partial charge is 0.437 e. The van der Waals surface area contributed by atoms with Gasteiger partial charge in [-0.2, -0.15) is 0 Å². The molecule has 1 aromatic carbocycles. The summed E-state index contributed by atoms with van der Waals surface area (Å²) < 4.78 is 6.00. The first-order chi connectivity index (χ1) is 12.2. The van der Waals surface area contributed by atoms with Gasteiger partial charge in [-0.15, -0.1) is 0 Å². The number of nitrogens with one attached hydrogen (secondary N) is 1. The van der Waals surface area contributed by atoms with Crippen LogP contribution >= 0.6 is 0 Å². The van der Waals surface area contributed by atoms with E-state index >= 15 is 0 Å². The average molecular weight is 340 g/mol. The number of benzene rings is 1. The van der Waals surface area contributed by atoms with E-state index in [4.69, 9.17) is 4.74 Å². The van der Waals surface area contributed by atoms with Gasteiger partial charge in [-0.05, 0) is 44.5 Å². The Bertz CT molecular complexity index is 735. The Kier molecular flexibility index (Phi) is 5.60. The van der Waals surface area contributed by atoms with Gasteiger partial charge in [0.2, 0.25) is 11.8 Å². The van der Waals surface area contributed by atoms with Gasteiger partial charge in [-0.1, -0.05) is 12.1 Å². The number of likely N-dealkylation sites (tertiary alicyclic amines) is 1. The maximum absolute atomic E-state index is 12.2. The van der Waals surface area contributed by atoms with E-state index in [1.807, 2.05) is 36.1 Å². The molecule has 3 rings (SSSR count). The number of ether oxygens (including phenoxy) is 1. The van der Waals surface area contributed by atoms with Crippen LogP contribution in [0.3, 0.4) is 0 Å². The fourth-order valence-corrected chi connectivity index (χ4v) is 3.18. The lowest BCUT2D eigenvalue weighted by atomic mass is 9.94. The molecule has 0 spiro atoms. The summed E-state index contributed by atoms with van der Waals surface area (Å²) in [5.74, 6) is 1.54. The summed E-state index contributed by atoms with van der Waals surface area (Å²) in [6.45, 7) is 3.84. The first-order valence-electron chi connectivity index (χ1n) is 8.65. The average Bonchev–Trinajstić information content (AvgIpc) is 2.62. The number of rotatable bonds is 5. The summed E-state index contributed by atoms with van der Waals surface area (Å²) in [6.07, 6.45) is 5.26. The number of aromatic nitrogens is 2. The highest BCUT2D eigenvalue weighted by molar-refractivity contribution is 5.78. The second kappa shape index (κ2) is 8.07. The Hall–Kier alpha value is -2.47. The van der Waals surface area contributed by atoms with Gasteiger partial charge in [0.25, 0.3) is 0 Å². The minimum Gasteiger partial charge on any atom is -0.437 e. The van der Waals surface area contributed by atoms with E-state index in [0.29, 0.717) is 19.0 Å². The second-order valence-electron chi connectivity index (χ2n) is 6.37. The molecule has 1 fully saturated rings. The van der Waals surface area contributed by atoms with Crippen molar-refractivity contribution in [3.8, 4) is 11.6 Å². The lowest BCUT2D eigenvalue weighted by Gasteiger charge is -2.32. The molecule has 1 unspecified atom stereocenters. The number of aryl methyl sites for hydroxylation is 1. The Morgan fingerprint density at radius 1 is 1.36 bits per heavy atom. The molecular formula is C19H24N4O2. The van der Waals surface area contributed by atoms with Crippen LogP contribution in [-0.4, -0.2) is 47.5 Å². The number of amides is 1. The monoisotopic (exact) mass is 340 g/mol. The van der Waals surface area contributed by atoms with Crippen molar-refractivity contribution in [1.82, 2.24) is 20.2 Å². The van der Waals surface area contributed by atoms with Crippen molar-refractivity contribution >= 4 is 5.91 Å². The van der Waals surface area contributed by atoms with Crippen molar-refractivity contribution in [2.24, 2.45) is 0 Å². The molecule has 132 valence electrons. The van der Waals surface area contributed by atoms with Crippen molar-refractivity contribution in [2.45, 2.75) is 25.7 Å². The van der Waals surface area contributed by atoms with Crippen molar-refractivity contribution in [1.29, 1.82) is 0 Å². The van der Waals surface area contributed by atoms with Crippen LogP contribution in [-0.2, 0) is 4.79 Å². The fourth-order valence-electron chi connectivity index (χ4n) is 3.18. The summed E-state index contributed by atoms with van der Waals surface area (Å²) >= 11 is 0. The molecule has 2 aromatic rings. The van der Waals surface area contributed by atoms with E-state index in [0.717, 1.165) is 36.4 Å². The number of carbonyl (C=O) groups excluding carboxylic acids is 1. The molecule has 1 aliphatic heterocycles. The van der Waals surface area contributed by atoms with E-state index in [9.17, 15) is 4.79 Å². The van der Waals surface area contributed by atoms with Gasteiger partial charge >= 0.3 is 0 Å². The van der Waals surface area contributed by atoms with E-state index < -0.39 is 0 Å². The summed E-state index contributed by atoms with van der Waals surface area (Å²) in [4.78, 5) is 23.0. The minimum atomic E-state index is 0.122. The minimum absolute atomic E-state index is 0.122. The topological polar surface area (TPSA) is 67.4 Å². The Morgan fingerprint density at radius 3 is 3.00 bits per heavy atom. The maximum Gasteiger partial charge on any atom is 0.241 e. The Morgan fingerprint density at radius 2 is 2.20 bits per heavy atom. The molecule has 2 heterocycles. The quantitative estimate of drug-likeness (QED) is 0.906. The molecule has 1 saturated heterocycles. The summed E-state index contributed by atoms with van der Waals surface area (Å²) in [5, 5.41) is 2.92. The standard InChI is InChI=1S/C19H24N4O2/c1-14-5-3-7-16(11-14)25-19-18(21-8-9-22-19)15-6-4-10-23(13-15)17(24)12-20-2/h3,5,7-9,11,15,20H,4,6,10,12-13H2,1-2H3. The van der Waals surface area contributed by atoms with Gasteiger partial charge in [0.1, 0.15) is 11.4 Å². The highest BCUT2D eigenvalue weighted by Crippen LogP contribution is 2.32. The molecule has 6 heteroatoms. The highest BCUT2D eigenvalue weighted by Gasteiger charge is 2.28. The van der Waals surface area contributed by atoms with Gasteiger partial charge in [-0.25, -0.2) is 4.98 Å². The zero-order valence-corrected chi connectivity index (χ0v) is 14.7. The first kappa shape index (κ1) is 17.4. The predicted octanol–water partition coefficient (Wildman–Crippen LogP) is 2.50. The van der Waals surface area contributed by atoms with Crippen LogP contribution in [0.1, 0.15) is 30.0 Å². The van der Waals surface area contributed by atoms with Gasteiger partial charge in [0.15, 0.2) is 0 Å². The molecule has 0 radical (unpaired) electrons. The molecule has 1 N–H and O–H groups in total. The zero-order chi connectivity index (χ0) is 17.6. The van der Waals surface area contributed by atoms with Gasteiger partial charge in [0, 0.05) is 31.4 Å². The maximum atomic E-state index is 12.2. The molecule has 6 nitrogen and oxygen atoms in total. The van der Waals surface area contributed by atoms with Crippen LogP contribution in [0.5, 0.6) is 11.6 Å². The van der Waals surface area contributed by atoms with Crippen LogP contribution in [0.4, 0.5) is 0 Å². The molecule has 1 atom stereocenters. The Labute approximate surface area is 148 Å². The molecule has 0 saturated carbocycles. The smallest absolute Gasteiger partial charge is 0.241 e. The predicted molar refractivity (Wildman–Crippen MR) is 95.8 cm³/mol. The molecule has 0 aliphatic carbocycles. The molecular weight excluding hydrogens is 316 g/mol. The lowest BCUT2D eigenvalue weighted by molar-refractivity contribution is -0.131. The summed E-state index contributed by atoms with van der Waals surface area (Å²) in [5.41, 5.74) is 1.95. The highest BCUT2D eigenvalue weighted by atomic mass is 16.5. The molecule has 1 aliphatic rings. The zero-order valence-electron chi connectivity index (χ0n) is 14.7. The normalized spacial score (nSPS) is 17.4. The SMILES string of the molecule is CNCC(=O)N1CCCC(c2nccnc2Oc2cccc(C)c2)C1. The van der Waals surface area contributed by atoms with Crippen molar-refractivity contribution in [3.63, 3.8) is 0 Å². The molecule has 25 heavy (non-hydrogen) atoms. The van der Waals surface area contributed by atoms with Crippen LogP contribution < -0.4 is 10.1 Å². The first-order valence-corrected chi connectivity index (χ1v) is 8.65. The van der Waals surface area contributed by atoms with Crippen molar-refractivity contribution in [2.75, 3.05) is 26.7 Å². The molecule has 1 amide bonds. The third-order valence-electron chi connectivity index (χ3n) is 4.38. The summed E-state index contributed by atoms with van der Waals surface area (Å²) in [6, 6.07) is 7.87. The van der Waals surface area contributed by atoms with Crippen molar-refractivity contribution < 1.29 is 9.53 Å².